The van der Waals surface area contributed by atoms with E-state index in [1.54, 1.807) is 6.07 Å². The van der Waals surface area contributed by atoms with Gasteiger partial charge in [-0.05, 0) is 24.6 Å². The van der Waals surface area contributed by atoms with E-state index in [1.165, 1.54) is 12.1 Å². The smallest absolute Gasteiger partial charge is 0.339 e. The Morgan fingerprint density at radius 2 is 1.68 bits per heavy atom. The van der Waals surface area contributed by atoms with Crippen LogP contribution in [-0.4, -0.2) is 14.2 Å². The minimum absolute atomic E-state index is 0.00743. The molecule has 0 saturated heterocycles. The molecule has 0 unspecified atom stereocenters. The SMILES string of the molecule is O=C1CCc2c(OS(=O)(=O)c3cc(F)cc(F)c3)cccc21. The van der Waals surface area contributed by atoms with Crippen molar-refractivity contribution in [3.05, 3.63) is 59.2 Å². The summed E-state index contributed by atoms with van der Waals surface area (Å²) in [6.45, 7) is 0. The molecule has 0 saturated carbocycles. The Balaban J connectivity index is 2.01. The number of Topliss-reactive ketones (excluding diaryl/α,β-unsaturated/α-hetero) is 1. The van der Waals surface area contributed by atoms with E-state index in [0.717, 1.165) is 0 Å². The van der Waals surface area contributed by atoms with Gasteiger partial charge in [0.05, 0.1) is 0 Å². The van der Waals surface area contributed by atoms with Crippen LogP contribution in [0.4, 0.5) is 8.78 Å². The van der Waals surface area contributed by atoms with Crippen molar-refractivity contribution in [2.45, 2.75) is 17.7 Å². The minimum Gasteiger partial charge on any atom is -0.379 e. The van der Waals surface area contributed by atoms with Gasteiger partial charge in [0.25, 0.3) is 0 Å². The summed E-state index contributed by atoms with van der Waals surface area (Å²) in [4.78, 5) is 11.0. The molecule has 7 heteroatoms. The number of benzene rings is 2. The van der Waals surface area contributed by atoms with Gasteiger partial charge in [-0.3, -0.25) is 4.79 Å². The topological polar surface area (TPSA) is 60.4 Å². The van der Waals surface area contributed by atoms with Crippen LogP contribution in [-0.2, 0) is 16.5 Å². The number of fused-ring (bicyclic) bond motifs is 1. The number of carbonyl (C=O) groups excluding carboxylic acids is 1. The highest BCUT2D eigenvalue weighted by molar-refractivity contribution is 7.87. The van der Waals surface area contributed by atoms with E-state index in [4.69, 9.17) is 4.18 Å². The van der Waals surface area contributed by atoms with Gasteiger partial charge in [-0.15, -0.1) is 0 Å². The predicted octanol–water partition coefficient (Wildman–Crippen LogP) is 2.86. The van der Waals surface area contributed by atoms with Gasteiger partial charge in [0.1, 0.15) is 22.3 Å². The maximum Gasteiger partial charge on any atom is 0.339 e. The van der Waals surface area contributed by atoms with Crippen LogP contribution in [0.3, 0.4) is 0 Å². The molecule has 0 aliphatic heterocycles. The van der Waals surface area contributed by atoms with E-state index in [0.29, 0.717) is 35.7 Å². The monoisotopic (exact) mass is 324 g/mol. The van der Waals surface area contributed by atoms with Crippen molar-refractivity contribution in [1.82, 2.24) is 0 Å². The van der Waals surface area contributed by atoms with Gasteiger partial charge in [0.15, 0.2) is 5.78 Å². The normalized spacial score (nSPS) is 14.0. The van der Waals surface area contributed by atoms with E-state index in [2.05, 4.69) is 0 Å². The summed E-state index contributed by atoms with van der Waals surface area (Å²) in [6.07, 6.45) is 0.654. The molecule has 0 N–H and O–H groups in total. The largest absolute Gasteiger partial charge is 0.379 e. The first-order chi connectivity index (χ1) is 10.4. The van der Waals surface area contributed by atoms with Gasteiger partial charge < -0.3 is 4.18 Å². The molecule has 0 radical (unpaired) electrons. The Morgan fingerprint density at radius 3 is 2.36 bits per heavy atom. The highest BCUT2D eigenvalue weighted by Gasteiger charge is 2.26. The number of ketones is 1. The van der Waals surface area contributed by atoms with Crippen LogP contribution in [0.1, 0.15) is 22.3 Å². The Labute approximate surface area is 125 Å². The third-order valence-corrected chi connectivity index (χ3v) is 4.57. The van der Waals surface area contributed by atoms with E-state index < -0.39 is 26.6 Å². The third kappa shape index (κ3) is 2.59. The van der Waals surface area contributed by atoms with Crippen molar-refractivity contribution in [3.8, 4) is 5.75 Å². The zero-order valence-electron chi connectivity index (χ0n) is 11.2. The van der Waals surface area contributed by atoms with Crippen molar-refractivity contribution in [2.75, 3.05) is 0 Å². The van der Waals surface area contributed by atoms with Gasteiger partial charge >= 0.3 is 10.1 Å². The third-order valence-electron chi connectivity index (χ3n) is 3.36. The molecule has 1 aliphatic carbocycles. The molecule has 2 aromatic rings. The second-order valence-corrected chi connectivity index (χ2v) is 6.39. The minimum atomic E-state index is -4.39. The molecule has 0 bridgehead atoms. The summed E-state index contributed by atoms with van der Waals surface area (Å²) >= 11 is 0. The highest BCUT2D eigenvalue weighted by atomic mass is 32.2. The lowest BCUT2D eigenvalue weighted by molar-refractivity contribution is 0.0994. The molecule has 22 heavy (non-hydrogen) atoms. The Kier molecular flexibility index (Phi) is 3.44. The number of carbonyl (C=O) groups is 1. The molecule has 0 heterocycles. The number of halogens is 2. The average Bonchev–Trinajstić information content (AvgIpc) is 2.80. The first-order valence-corrected chi connectivity index (χ1v) is 7.83. The summed E-state index contributed by atoms with van der Waals surface area (Å²) in [7, 11) is -4.39. The van der Waals surface area contributed by atoms with Crippen LogP contribution in [0.25, 0.3) is 0 Å². The van der Waals surface area contributed by atoms with Gasteiger partial charge in [0.2, 0.25) is 0 Å². The van der Waals surface area contributed by atoms with E-state index >= 15 is 0 Å². The molecule has 0 amide bonds. The van der Waals surface area contributed by atoms with E-state index in [1.807, 2.05) is 0 Å². The van der Waals surface area contributed by atoms with Crippen LogP contribution in [0.5, 0.6) is 5.75 Å². The zero-order valence-corrected chi connectivity index (χ0v) is 12.0. The average molecular weight is 324 g/mol. The zero-order chi connectivity index (χ0) is 15.9. The van der Waals surface area contributed by atoms with E-state index in [9.17, 15) is 22.0 Å². The molecule has 114 valence electrons. The van der Waals surface area contributed by atoms with Crippen molar-refractivity contribution < 1.29 is 26.2 Å². The summed E-state index contributed by atoms with van der Waals surface area (Å²) in [5.74, 6) is -2.12. The van der Waals surface area contributed by atoms with Crippen molar-refractivity contribution in [1.29, 1.82) is 0 Å². The Morgan fingerprint density at radius 1 is 1.00 bits per heavy atom. The van der Waals surface area contributed by atoms with Crippen molar-refractivity contribution in [3.63, 3.8) is 0 Å². The standard InChI is InChI=1S/C15H10F2O4S/c16-9-6-10(17)8-11(7-9)22(19,20)21-15-3-1-2-12-13(15)4-5-14(12)18/h1-3,6-8H,4-5H2. The molecule has 3 rings (SSSR count). The maximum atomic E-state index is 13.2. The summed E-state index contributed by atoms with van der Waals surface area (Å²) in [5, 5.41) is 0. The Hall–Kier alpha value is -2.28. The molecule has 0 spiro atoms. The molecule has 0 atom stereocenters. The lowest BCUT2D eigenvalue weighted by atomic mass is 10.1. The van der Waals surface area contributed by atoms with Gasteiger partial charge in [-0.25, -0.2) is 8.78 Å². The summed E-state index contributed by atoms with van der Waals surface area (Å²) in [5.41, 5.74) is 0.908. The fraction of sp³-hybridized carbons (Fsp3) is 0.133. The molecular formula is C15H10F2O4S. The van der Waals surface area contributed by atoms with E-state index in [-0.39, 0.29) is 18.0 Å². The van der Waals surface area contributed by atoms with Gasteiger partial charge in [-0.1, -0.05) is 12.1 Å². The number of rotatable bonds is 3. The van der Waals surface area contributed by atoms with Crippen LogP contribution in [0.2, 0.25) is 0 Å². The first kappa shape index (κ1) is 14.6. The lowest BCUT2D eigenvalue weighted by Gasteiger charge is -2.10. The number of hydrogen-bond acceptors (Lipinski definition) is 4. The summed E-state index contributed by atoms with van der Waals surface area (Å²) in [6, 6.07) is 6.41. The van der Waals surface area contributed by atoms with Crippen molar-refractivity contribution in [2.24, 2.45) is 0 Å². The fourth-order valence-corrected chi connectivity index (χ4v) is 3.38. The molecular weight excluding hydrogens is 314 g/mol. The van der Waals surface area contributed by atoms with Crippen molar-refractivity contribution >= 4 is 15.9 Å². The molecule has 0 aromatic heterocycles. The highest BCUT2D eigenvalue weighted by Crippen LogP contribution is 2.32. The molecule has 2 aromatic carbocycles. The Bertz CT molecular complexity index is 855. The first-order valence-electron chi connectivity index (χ1n) is 6.42. The quantitative estimate of drug-likeness (QED) is 0.815. The van der Waals surface area contributed by atoms with Crippen LogP contribution in [0, 0.1) is 11.6 Å². The molecule has 4 nitrogen and oxygen atoms in total. The van der Waals surface area contributed by atoms with Gasteiger partial charge in [0, 0.05) is 23.6 Å². The van der Waals surface area contributed by atoms with Crippen LogP contribution < -0.4 is 4.18 Å². The van der Waals surface area contributed by atoms with Crippen LogP contribution >= 0.6 is 0 Å². The molecule has 1 aliphatic rings. The lowest BCUT2D eigenvalue weighted by Crippen LogP contribution is -2.11. The maximum absolute atomic E-state index is 13.2. The second-order valence-electron chi connectivity index (χ2n) is 4.85. The summed E-state index contributed by atoms with van der Waals surface area (Å²) < 4.78 is 55.6. The predicted molar refractivity (Wildman–Crippen MR) is 73.3 cm³/mol. The van der Waals surface area contributed by atoms with Gasteiger partial charge in [-0.2, -0.15) is 8.42 Å². The fourth-order valence-electron chi connectivity index (χ4n) is 2.38. The van der Waals surface area contributed by atoms with Crippen LogP contribution in [0.15, 0.2) is 41.3 Å². The molecule has 0 fully saturated rings. The number of hydrogen-bond donors (Lipinski definition) is 0. The second kappa shape index (κ2) is 5.17.